The van der Waals surface area contributed by atoms with Crippen LogP contribution in [0.5, 0.6) is 5.75 Å². The van der Waals surface area contributed by atoms with E-state index in [1.807, 2.05) is 12.3 Å². The summed E-state index contributed by atoms with van der Waals surface area (Å²) in [6.45, 7) is 4.46. The van der Waals surface area contributed by atoms with Crippen LogP contribution in [-0.2, 0) is 5.41 Å². The van der Waals surface area contributed by atoms with Gasteiger partial charge in [0.15, 0.2) is 0 Å². The first-order valence-corrected chi connectivity index (χ1v) is 8.63. The minimum absolute atomic E-state index is 0.217. The molecule has 0 fully saturated rings. The van der Waals surface area contributed by atoms with Gasteiger partial charge >= 0.3 is 0 Å². The molecule has 2 aliphatic heterocycles. The van der Waals surface area contributed by atoms with Crippen LogP contribution >= 0.6 is 0 Å². The Morgan fingerprint density at radius 2 is 1.60 bits per heavy atom. The summed E-state index contributed by atoms with van der Waals surface area (Å²) < 4.78 is 6.68. The molecule has 5 rings (SSSR count). The standard InChI is InChI=1S/C22H20N2O/c1-21(2)17-10-6-7-11-19(17)24(3)22(21)14-23-18-12-15-8-4-5-9-16(15)13-20(18)25-22/h4-14H,1-3H3/t22-/m0/s1. The van der Waals surface area contributed by atoms with Crippen LogP contribution in [-0.4, -0.2) is 19.0 Å². The second-order valence-corrected chi connectivity index (χ2v) is 7.42. The molecule has 3 aromatic carbocycles. The van der Waals surface area contributed by atoms with Crippen LogP contribution in [0.15, 0.2) is 65.7 Å². The Kier molecular flexibility index (Phi) is 2.69. The molecular formula is C22H20N2O. The molecule has 0 saturated heterocycles. The van der Waals surface area contributed by atoms with Gasteiger partial charge in [-0.3, -0.25) is 4.99 Å². The van der Waals surface area contributed by atoms with Crippen molar-refractivity contribution in [1.29, 1.82) is 0 Å². The highest BCUT2D eigenvalue weighted by atomic mass is 16.5. The molecule has 0 aromatic heterocycles. The Hall–Kier alpha value is -2.81. The number of rotatable bonds is 0. The Labute approximate surface area is 147 Å². The number of benzene rings is 3. The second-order valence-electron chi connectivity index (χ2n) is 7.42. The van der Waals surface area contributed by atoms with E-state index in [1.165, 1.54) is 22.0 Å². The van der Waals surface area contributed by atoms with Gasteiger partial charge in [0.05, 0.1) is 11.6 Å². The van der Waals surface area contributed by atoms with Gasteiger partial charge in [-0.25, -0.2) is 0 Å². The second kappa shape index (κ2) is 4.63. The van der Waals surface area contributed by atoms with Crippen LogP contribution in [0, 0.1) is 0 Å². The van der Waals surface area contributed by atoms with Crippen LogP contribution in [0.2, 0.25) is 0 Å². The lowest BCUT2D eigenvalue weighted by molar-refractivity contribution is 0.0826. The number of para-hydroxylation sites is 1. The summed E-state index contributed by atoms with van der Waals surface area (Å²) in [5.41, 5.74) is 2.54. The summed E-state index contributed by atoms with van der Waals surface area (Å²) in [6.07, 6.45) is 1.98. The van der Waals surface area contributed by atoms with Crippen LogP contribution in [0.1, 0.15) is 19.4 Å². The van der Waals surface area contributed by atoms with Crippen molar-refractivity contribution in [3.63, 3.8) is 0 Å². The lowest BCUT2D eigenvalue weighted by Crippen LogP contribution is -2.61. The molecule has 3 heteroatoms. The Morgan fingerprint density at radius 3 is 2.36 bits per heavy atom. The molecule has 0 aliphatic carbocycles. The number of ether oxygens (including phenoxy) is 1. The van der Waals surface area contributed by atoms with E-state index in [4.69, 9.17) is 9.73 Å². The van der Waals surface area contributed by atoms with Crippen LogP contribution < -0.4 is 9.64 Å². The van der Waals surface area contributed by atoms with Gasteiger partial charge in [0.2, 0.25) is 5.72 Å². The number of anilines is 1. The zero-order valence-electron chi connectivity index (χ0n) is 14.7. The van der Waals surface area contributed by atoms with Crippen molar-refractivity contribution in [2.24, 2.45) is 4.99 Å². The van der Waals surface area contributed by atoms with E-state index in [0.29, 0.717) is 0 Å². The molecule has 0 radical (unpaired) electrons. The number of likely N-dealkylation sites (N-methyl/N-ethyl adjacent to an activating group) is 1. The number of nitrogens with zero attached hydrogens (tertiary/aromatic N) is 2. The molecule has 2 heterocycles. The third kappa shape index (κ3) is 1.73. The highest BCUT2D eigenvalue weighted by Crippen LogP contribution is 2.53. The normalized spacial score (nSPS) is 22.8. The number of hydrogen-bond acceptors (Lipinski definition) is 3. The number of aliphatic imine (C=N–C) groups is 1. The summed E-state index contributed by atoms with van der Waals surface area (Å²) >= 11 is 0. The summed E-state index contributed by atoms with van der Waals surface area (Å²) in [4.78, 5) is 7.03. The third-order valence-corrected chi connectivity index (χ3v) is 5.80. The fourth-order valence-corrected chi connectivity index (χ4v) is 4.27. The zero-order valence-corrected chi connectivity index (χ0v) is 14.7. The highest BCUT2D eigenvalue weighted by molar-refractivity contribution is 5.93. The molecule has 0 unspecified atom stereocenters. The summed E-state index contributed by atoms with van der Waals surface area (Å²) in [5.74, 6) is 0.842. The highest BCUT2D eigenvalue weighted by Gasteiger charge is 2.58. The number of hydrogen-bond donors (Lipinski definition) is 0. The predicted molar refractivity (Wildman–Crippen MR) is 103 cm³/mol. The minimum Gasteiger partial charge on any atom is -0.459 e. The predicted octanol–water partition coefficient (Wildman–Crippen LogP) is 5.06. The molecule has 25 heavy (non-hydrogen) atoms. The minimum atomic E-state index is -0.619. The Morgan fingerprint density at radius 1 is 0.920 bits per heavy atom. The van der Waals surface area contributed by atoms with Crippen molar-refractivity contribution < 1.29 is 4.74 Å². The van der Waals surface area contributed by atoms with Gasteiger partial charge in [-0.05, 0) is 48.4 Å². The van der Waals surface area contributed by atoms with E-state index >= 15 is 0 Å². The molecule has 3 aromatic rings. The fraction of sp³-hybridized carbons (Fsp3) is 0.227. The van der Waals surface area contributed by atoms with Crippen LogP contribution in [0.3, 0.4) is 0 Å². The monoisotopic (exact) mass is 328 g/mol. The molecule has 0 saturated carbocycles. The SMILES string of the molecule is CN1c2ccccc2C(C)(C)[C@@]12C=Nc1cc3ccccc3cc1O2. The zero-order chi connectivity index (χ0) is 17.2. The lowest BCUT2D eigenvalue weighted by Gasteiger charge is -2.44. The van der Waals surface area contributed by atoms with E-state index < -0.39 is 5.72 Å². The van der Waals surface area contributed by atoms with Gasteiger partial charge in [0.1, 0.15) is 11.4 Å². The van der Waals surface area contributed by atoms with Crippen molar-refractivity contribution in [3.8, 4) is 5.75 Å². The maximum atomic E-state index is 6.68. The molecule has 124 valence electrons. The van der Waals surface area contributed by atoms with Gasteiger partial charge in [0.25, 0.3) is 0 Å². The first kappa shape index (κ1) is 14.5. The van der Waals surface area contributed by atoms with E-state index in [0.717, 1.165) is 11.4 Å². The lowest BCUT2D eigenvalue weighted by atomic mass is 9.77. The quantitative estimate of drug-likeness (QED) is 0.576. The first-order valence-electron chi connectivity index (χ1n) is 8.63. The molecule has 1 atom stereocenters. The van der Waals surface area contributed by atoms with E-state index in [2.05, 4.69) is 80.4 Å². The molecular weight excluding hydrogens is 308 g/mol. The average Bonchev–Trinajstić information content (AvgIpc) is 2.79. The molecule has 0 amide bonds. The van der Waals surface area contributed by atoms with E-state index in [9.17, 15) is 0 Å². The smallest absolute Gasteiger partial charge is 0.228 e. The fourth-order valence-electron chi connectivity index (χ4n) is 4.27. The van der Waals surface area contributed by atoms with Crippen molar-refractivity contribution in [2.45, 2.75) is 25.0 Å². The van der Waals surface area contributed by atoms with Gasteiger partial charge in [-0.1, -0.05) is 42.5 Å². The molecule has 3 nitrogen and oxygen atoms in total. The van der Waals surface area contributed by atoms with Crippen LogP contribution in [0.4, 0.5) is 11.4 Å². The summed E-state index contributed by atoms with van der Waals surface area (Å²) in [6, 6.07) is 21.0. The first-order chi connectivity index (χ1) is 12.0. The van der Waals surface area contributed by atoms with Crippen molar-refractivity contribution in [3.05, 3.63) is 66.2 Å². The summed E-state index contributed by atoms with van der Waals surface area (Å²) in [7, 11) is 2.09. The maximum Gasteiger partial charge on any atom is 0.228 e. The van der Waals surface area contributed by atoms with E-state index in [1.54, 1.807) is 0 Å². The van der Waals surface area contributed by atoms with Gasteiger partial charge in [0, 0.05) is 12.7 Å². The number of fused-ring (bicyclic) bond motifs is 3. The molecule has 1 spiro atoms. The van der Waals surface area contributed by atoms with Gasteiger partial charge in [-0.15, -0.1) is 0 Å². The van der Waals surface area contributed by atoms with Gasteiger partial charge in [-0.2, -0.15) is 0 Å². The molecule has 2 aliphatic rings. The third-order valence-electron chi connectivity index (χ3n) is 5.80. The van der Waals surface area contributed by atoms with Gasteiger partial charge < -0.3 is 9.64 Å². The van der Waals surface area contributed by atoms with Crippen molar-refractivity contribution in [2.75, 3.05) is 11.9 Å². The largest absolute Gasteiger partial charge is 0.459 e. The van der Waals surface area contributed by atoms with Crippen LogP contribution in [0.25, 0.3) is 10.8 Å². The van der Waals surface area contributed by atoms with Crippen molar-refractivity contribution >= 4 is 28.4 Å². The Balaban J connectivity index is 1.70. The topological polar surface area (TPSA) is 24.8 Å². The average molecular weight is 328 g/mol. The van der Waals surface area contributed by atoms with E-state index in [-0.39, 0.29) is 5.41 Å². The summed E-state index contributed by atoms with van der Waals surface area (Å²) in [5, 5.41) is 2.35. The Bertz CT molecular complexity index is 1040. The molecule has 0 N–H and O–H groups in total. The van der Waals surface area contributed by atoms with Crippen molar-refractivity contribution in [1.82, 2.24) is 0 Å². The molecule has 0 bridgehead atoms. The maximum absolute atomic E-state index is 6.68.